The van der Waals surface area contributed by atoms with E-state index in [0.717, 1.165) is 16.7 Å². The van der Waals surface area contributed by atoms with Crippen molar-refractivity contribution in [3.05, 3.63) is 24.3 Å². The second-order valence-corrected chi connectivity index (χ2v) is 4.29. The minimum absolute atomic E-state index is 0.0344. The fourth-order valence-electron chi connectivity index (χ4n) is 1.90. The lowest BCUT2D eigenvalue weighted by atomic mass is 10.2. The highest BCUT2D eigenvalue weighted by Crippen LogP contribution is 2.21. The molecule has 1 amide bonds. The van der Waals surface area contributed by atoms with Crippen molar-refractivity contribution in [3.8, 4) is 0 Å². The lowest BCUT2D eigenvalue weighted by Crippen LogP contribution is -2.24. The maximum atomic E-state index is 11.4. The molecule has 0 aliphatic rings. The van der Waals surface area contributed by atoms with E-state index in [4.69, 9.17) is 0 Å². The van der Waals surface area contributed by atoms with Crippen LogP contribution in [0.2, 0.25) is 0 Å². The molecule has 1 aromatic heterocycles. The van der Waals surface area contributed by atoms with Gasteiger partial charge in [-0.15, -0.1) is 0 Å². The smallest absolute Gasteiger partial charge is 0.224 e. The van der Waals surface area contributed by atoms with Crippen molar-refractivity contribution in [3.63, 3.8) is 0 Å². The van der Waals surface area contributed by atoms with Crippen LogP contribution < -0.4 is 16.0 Å². The van der Waals surface area contributed by atoms with Crippen molar-refractivity contribution >= 4 is 28.6 Å². The van der Waals surface area contributed by atoms with Gasteiger partial charge in [0.25, 0.3) is 0 Å². The Morgan fingerprint density at radius 3 is 2.80 bits per heavy atom. The van der Waals surface area contributed by atoms with E-state index in [0.29, 0.717) is 25.5 Å². The van der Waals surface area contributed by atoms with Gasteiger partial charge in [-0.05, 0) is 19.1 Å². The van der Waals surface area contributed by atoms with Gasteiger partial charge in [-0.2, -0.15) is 4.98 Å². The fourth-order valence-corrected chi connectivity index (χ4v) is 1.90. The molecule has 0 fully saturated rings. The van der Waals surface area contributed by atoms with Crippen LogP contribution in [0.3, 0.4) is 0 Å². The van der Waals surface area contributed by atoms with E-state index in [9.17, 15) is 4.79 Å². The summed E-state index contributed by atoms with van der Waals surface area (Å²) >= 11 is 0. The number of amides is 1. The number of para-hydroxylation sites is 1. The van der Waals surface area contributed by atoms with Gasteiger partial charge in [0, 0.05) is 31.9 Å². The Morgan fingerprint density at radius 2 is 2.05 bits per heavy atom. The highest BCUT2D eigenvalue weighted by molar-refractivity contribution is 5.90. The van der Waals surface area contributed by atoms with Gasteiger partial charge < -0.3 is 16.0 Å². The van der Waals surface area contributed by atoms with E-state index in [1.54, 1.807) is 7.05 Å². The van der Waals surface area contributed by atoms with Gasteiger partial charge in [0.05, 0.1) is 5.52 Å². The summed E-state index contributed by atoms with van der Waals surface area (Å²) in [4.78, 5) is 20.2. The maximum Gasteiger partial charge on any atom is 0.224 e. The first-order valence-electron chi connectivity index (χ1n) is 6.69. The standard InChI is InChI=1S/C14H19N5O/c1-3-16-12(20)8-9-17-13-10-6-4-5-7-11(10)18-14(15-2)19-13/h4-7H,3,8-9H2,1-2H3,(H,16,20)(H2,15,17,18,19). The molecule has 0 aliphatic heterocycles. The zero-order valence-electron chi connectivity index (χ0n) is 11.7. The predicted octanol–water partition coefficient (Wildman–Crippen LogP) is 1.61. The third-order valence-corrected chi connectivity index (χ3v) is 2.85. The Morgan fingerprint density at radius 1 is 1.25 bits per heavy atom. The molecule has 6 nitrogen and oxygen atoms in total. The summed E-state index contributed by atoms with van der Waals surface area (Å²) in [5, 5.41) is 9.85. The van der Waals surface area contributed by atoms with Crippen LogP contribution in [-0.4, -0.2) is 36.0 Å². The predicted molar refractivity (Wildman–Crippen MR) is 80.9 cm³/mol. The fraction of sp³-hybridized carbons (Fsp3) is 0.357. The molecule has 0 aliphatic carbocycles. The van der Waals surface area contributed by atoms with Crippen LogP contribution >= 0.6 is 0 Å². The molecule has 20 heavy (non-hydrogen) atoms. The molecule has 0 atom stereocenters. The molecule has 6 heteroatoms. The number of benzene rings is 1. The number of rotatable bonds is 6. The van der Waals surface area contributed by atoms with Crippen molar-refractivity contribution in [2.45, 2.75) is 13.3 Å². The van der Waals surface area contributed by atoms with E-state index in [-0.39, 0.29) is 5.91 Å². The lowest BCUT2D eigenvalue weighted by molar-refractivity contribution is -0.120. The number of fused-ring (bicyclic) bond motifs is 1. The second-order valence-electron chi connectivity index (χ2n) is 4.29. The Balaban J connectivity index is 2.14. The summed E-state index contributed by atoms with van der Waals surface area (Å²) in [6.45, 7) is 3.09. The number of hydrogen-bond acceptors (Lipinski definition) is 5. The lowest BCUT2D eigenvalue weighted by Gasteiger charge is -2.10. The molecular formula is C14H19N5O. The van der Waals surface area contributed by atoms with Crippen LogP contribution in [0.4, 0.5) is 11.8 Å². The maximum absolute atomic E-state index is 11.4. The Kier molecular flexibility index (Phi) is 4.70. The molecule has 106 valence electrons. The molecule has 3 N–H and O–H groups in total. The van der Waals surface area contributed by atoms with Crippen LogP contribution in [0.5, 0.6) is 0 Å². The number of nitrogens with zero attached hydrogens (tertiary/aromatic N) is 2. The number of carbonyl (C=O) groups is 1. The molecule has 0 bridgehead atoms. The van der Waals surface area contributed by atoms with Gasteiger partial charge in [-0.1, -0.05) is 12.1 Å². The molecule has 2 aromatic rings. The topological polar surface area (TPSA) is 78.9 Å². The van der Waals surface area contributed by atoms with Crippen LogP contribution in [0, 0.1) is 0 Å². The SMILES string of the molecule is CCNC(=O)CCNc1nc(NC)nc2ccccc12. The summed E-state index contributed by atoms with van der Waals surface area (Å²) < 4.78 is 0. The summed E-state index contributed by atoms with van der Waals surface area (Å²) in [7, 11) is 1.78. The van der Waals surface area contributed by atoms with Crippen LogP contribution in [-0.2, 0) is 4.79 Å². The van der Waals surface area contributed by atoms with E-state index < -0.39 is 0 Å². The van der Waals surface area contributed by atoms with Crippen molar-refractivity contribution in [1.82, 2.24) is 15.3 Å². The minimum atomic E-state index is 0.0344. The number of hydrogen-bond donors (Lipinski definition) is 3. The summed E-state index contributed by atoms with van der Waals surface area (Å²) in [6.07, 6.45) is 0.418. The number of carbonyl (C=O) groups excluding carboxylic acids is 1. The van der Waals surface area contributed by atoms with Crippen LogP contribution in [0.15, 0.2) is 24.3 Å². The van der Waals surface area contributed by atoms with E-state index in [2.05, 4.69) is 25.9 Å². The van der Waals surface area contributed by atoms with Crippen molar-refractivity contribution < 1.29 is 4.79 Å². The van der Waals surface area contributed by atoms with Gasteiger partial charge in [-0.25, -0.2) is 4.98 Å². The van der Waals surface area contributed by atoms with Gasteiger partial charge >= 0.3 is 0 Å². The monoisotopic (exact) mass is 273 g/mol. The largest absolute Gasteiger partial charge is 0.369 e. The molecule has 0 saturated heterocycles. The van der Waals surface area contributed by atoms with Gasteiger partial charge in [0.2, 0.25) is 11.9 Å². The summed E-state index contributed by atoms with van der Waals surface area (Å²) in [5.74, 6) is 1.33. The molecule has 0 spiro atoms. The molecule has 0 unspecified atom stereocenters. The number of anilines is 2. The Bertz CT molecular complexity index is 599. The Hall–Kier alpha value is -2.37. The zero-order valence-corrected chi connectivity index (χ0v) is 11.7. The molecule has 0 saturated carbocycles. The first-order valence-corrected chi connectivity index (χ1v) is 6.69. The van der Waals surface area contributed by atoms with Crippen molar-refractivity contribution in [2.24, 2.45) is 0 Å². The van der Waals surface area contributed by atoms with Gasteiger partial charge in [-0.3, -0.25) is 4.79 Å². The molecular weight excluding hydrogens is 254 g/mol. The Labute approximate surface area is 118 Å². The van der Waals surface area contributed by atoms with Crippen LogP contribution in [0.25, 0.3) is 10.9 Å². The summed E-state index contributed by atoms with van der Waals surface area (Å²) in [6, 6.07) is 7.78. The van der Waals surface area contributed by atoms with Gasteiger partial charge in [0.15, 0.2) is 0 Å². The van der Waals surface area contributed by atoms with Crippen molar-refractivity contribution in [1.29, 1.82) is 0 Å². The first kappa shape index (κ1) is 14.0. The quantitative estimate of drug-likeness (QED) is 0.745. The van der Waals surface area contributed by atoms with Crippen molar-refractivity contribution in [2.75, 3.05) is 30.8 Å². The molecule has 1 aromatic carbocycles. The van der Waals surface area contributed by atoms with E-state index in [1.165, 1.54) is 0 Å². The second kappa shape index (κ2) is 6.70. The molecule has 2 rings (SSSR count). The molecule has 0 radical (unpaired) electrons. The normalized spacial score (nSPS) is 10.3. The summed E-state index contributed by atoms with van der Waals surface area (Å²) in [5.41, 5.74) is 0.868. The number of nitrogens with one attached hydrogen (secondary N) is 3. The number of aromatic nitrogens is 2. The minimum Gasteiger partial charge on any atom is -0.369 e. The van der Waals surface area contributed by atoms with Gasteiger partial charge in [0.1, 0.15) is 5.82 Å². The highest BCUT2D eigenvalue weighted by atomic mass is 16.1. The molecule has 1 heterocycles. The van der Waals surface area contributed by atoms with E-state index in [1.807, 2.05) is 31.2 Å². The highest BCUT2D eigenvalue weighted by Gasteiger charge is 2.07. The third-order valence-electron chi connectivity index (χ3n) is 2.85. The first-order chi connectivity index (χ1) is 9.74. The average Bonchev–Trinajstić information content (AvgIpc) is 2.47. The third kappa shape index (κ3) is 3.34. The van der Waals surface area contributed by atoms with Crippen LogP contribution in [0.1, 0.15) is 13.3 Å². The average molecular weight is 273 g/mol. The zero-order chi connectivity index (χ0) is 14.4. The van der Waals surface area contributed by atoms with E-state index >= 15 is 0 Å².